The van der Waals surface area contributed by atoms with Gasteiger partial charge in [-0.15, -0.1) is 0 Å². The summed E-state index contributed by atoms with van der Waals surface area (Å²) in [6, 6.07) is 0.793. The van der Waals surface area contributed by atoms with E-state index in [4.69, 9.17) is 0 Å². The molecule has 1 rings (SSSR count). The standard InChI is InChI=1S/C14H30N2/c1-13(2)12-15-9-7-8-14(3)16-10-5-4-6-11-16/h13-15H,4-12H2,1-3H3. The van der Waals surface area contributed by atoms with Crippen LogP contribution in [0.1, 0.15) is 52.9 Å². The maximum Gasteiger partial charge on any atom is 0.00674 e. The van der Waals surface area contributed by atoms with E-state index in [2.05, 4.69) is 31.0 Å². The van der Waals surface area contributed by atoms with Crippen molar-refractivity contribution in [3.8, 4) is 0 Å². The fourth-order valence-electron chi connectivity index (χ4n) is 2.45. The van der Waals surface area contributed by atoms with E-state index in [9.17, 15) is 0 Å². The van der Waals surface area contributed by atoms with Gasteiger partial charge in [0.1, 0.15) is 0 Å². The highest BCUT2D eigenvalue weighted by atomic mass is 15.1. The van der Waals surface area contributed by atoms with Crippen LogP contribution in [0, 0.1) is 5.92 Å². The number of hydrogen-bond donors (Lipinski definition) is 1. The Morgan fingerprint density at radius 3 is 2.38 bits per heavy atom. The minimum absolute atomic E-state index is 0.777. The number of nitrogens with one attached hydrogen (secondary N) is 1. The van der Waals surface area contributed by atoms with Crippen LogP contribution >= 0.6 is 0 Å². The Hall–Kier alpha value is -0.0800. The molecule has 0 amide bonds. The van der Waals surface area contributed by atoms with Crippen molar-refractivity contribution in [2.45, 2.75) is 58.9 Å². The summed E-state index contributed by atoms with van der Waals surface area (Å²) in [5, 5.41) is 3.52. The van der Waals surface area contributed by atoms with Crippen LogP contribution in [0.4, 0.5) is 0 Å². The van der Waals surface area contributed by atoms with Gasteiger partial charge in [-0.05, 0) is 64.7 Å². The molecule has 2 heteroatoms. The summed E-state index contributed by atoms with van der Waals surface area (Å²) in [5.74, 6) is 0.777. The third kappa shape index (κ3) is 5.86. The van der Waals surface area contributed by atoms with Gasteiger partial charge in [-0.1, -0.05) is 20.3 Å². The molecule has 0 radical (unpaired) electrons. The second-order valence-electron chi connectivity index (χ2n) is 5.69. The van der Waals surface area contributed by atoms with Crippen LogP contribution in [0.2, 0.25) is 0 Å². The Bertz CT molecular complexity index is 162. The van der Waals surface area contributed by atoms with Gasteiger partial charge in [-0.2, -0.15) is 0 Å². The number of piperidine rings is 1. The van der Waals surface area contributed by atoms with Crippen molar-refractivity contribution in [3.05, 3.63) is 0 Å². The Balaban J connectivity index is 1.98. The van der Waals surface area contributed by atoms with E-state index in [1.165, 1.54) is 51.7 Å². The molecule has 1 fully saturated rings. The van der Waals surface area contributed by atoms with Crippen molar-refractivity contribution >= 4 is 0 Å². The lowest BCUT2D eigenvalue weighted by Crippen LogP contribution is -2.37. The van der Waals surface area contributed by atoms with Gasteiger partial charge in [0, 0.05) is 6.04 Å². The molecule has 1 saturated heterocycles. The topological polar surface area (TPSA) is 15.3 Å². The minimum Gasteiger partial charge on any atom is -0.316 e. The molecule has 0 spiro atoms. The lowest BCUT2D eigenvalue weighted by atomic mass is 10.1. The Labute approximate surface area is 102 Å². The van der Waals surface area contributed by atoms with Gasteiger partial charge >= 0.3 is 0 Å². The molecule has 0 aromatic heterocycles. The van der Waals surface area contributed by atoms with Crippen molar-refractivity contribution < 1.29 is 0 Å². The normalized spacial score (nSPS) is 20.2. The average Bonchev–Trinajstić information content (AvgIpc) is 2.29. The van der Waals surface area contributed by atoms with Crippen molar-refractivity contribution in [1.82, 2.24) is 10.2 Å². The molecule has 1 unspecified atom stereocenters. The molecule has 1 atom stereocenters. The number of nitrogens with zero attached hydrogens (tertiary/aromatic N) is 1. The van der Waals surface area contributed by atoms with Crippen molar-refractivity contribution in [3.63, 3.8) is 0 Å². The van der Waals surface area contributed by atoms with Gasteiger partial charge in [0.2, 0.25) is 0 Å². The number of hydrogen-bond acceptors (Lipinski definition) is 2. The SMILES string of the molecule is CC(C)CNCCCC(C)N1CCCCC1. The summed E-state index contributed by atoms with van der Waals surface area (Å²) in [6.07, 6.45) is 6.94. The summed E-state index contributed by atoms with van der Waals surface area (Å²) >= 11 is 0. The summed E-state index contributed by atoms with van der Waals surface area (Å²) < 4.78 is 0. The van der Waals surface area contributed by atoms with Crippen molar-refractivity contribution in [1.29, 1.82) is 0 Å². The first-order chi connectivity index (χ1) is 7.70. The molecule has 96 valence electrons. The molecule has 0 bridgehead atoms. The molecule has 0 aliphatic carbocycles. The molecular weight excluding hydrogens is 196 g/mol. The van der Waals surface area contributed by atoms with E-state index < -0.39 is 0 Å². The zero-order chi connectivity index (χ0) is 11.8. The smallest absolute Gasteiger partial charge is 0.00674 e. The van der Waals surface area contributed by atoms with Gasteiger partial charge in [-0.3, -0.25) is 0 Å². The van der Waals surface area contributed by atoms with E-state index in [0.29, 0.717) is 0 Å². The molecule has 1 N–H and O–H groups in total. The van der Waals surface area contributed by atoms with Crippen molar-refractivity contribution in [2.24, 2.45) is 5.92 Å². The fraction of sp³-hybridized carbons (Fsp3) is 1.00. The maximum atomic E-state index is 3.52. The van der Waals surface area contributed by atoms with Gasteiger partial charge in [0.15, 0.2) is 0 Å². The van der Waals surface area contributed by atoms with E-state index >= 15 is 0 Å². The molecule has 0 aromatic carbocycles. The van der Waals surface area contributed by atoms with E-state index in [1.807, 2.05) is 0 Å². The van der Waals surface area contributed by atoms with Gasteiger partial charge in [-0.25, -0.2) is 0 Å². The predicted octanol–water partition coefficient (Wildman–Crippen LogP) is 2.89. The van der Waals surface area contributed by atoms with Crippen molar-refractivity contribution in [2.75, 3.05) is 26.2 Å². The molecule has 1 aliphatic heterocycles. The molecule has 0 saturated carbocycles. The minimum atomic E-state index is 0.777. The van der Waals surface area contributed by atoms with E-state index in [0.717, 1.165) is 18.5 Å². The highest BCUT2D eigenvalue weighted by Crippen LogP contribution is 2.14. The Morgan fingerprint density at radius 1 is 1.06 bits per heavy atom. The summed E-state index contributed by atoms with van der Waals surface area (Å²) in [7, 11) is 0. The maximum absolute atomic E-state index is 3.52. The van der Waals surface area contributed by atoms with Crippen LogP contribution in [0.15, 0.2) is 0 Å². The highest BCUT2D eigenvalue weighted by Gasteiger charge is 2.15. The lowest BCUT2D eigenvalue weighted by Gasteiger charge is -2.32. The highest BCUT2D eigenvalue weighted by molar-refractivity contribution is 4.71. The first kappa shape index (κ1) is 14.0. The van der Waals surface area contributed by atoms with Crippen LogP contribution in [0.5, 0.6) is 0 Å². The van der Waals surface area contributed by atoms with Gasteiger partial charge in [0.05, 0.1) is 0 Å². The third-order valence-corrected chi connectivity index (χ3v) is 3.54. The first-order valence-corrected chi connectivity index (χ1v) is 7.15. The second-order valence-corrected chi connectivity index (χ2v) is 5.69. The molecular formula is C14H30N2. The van der Waals surface area contributed by atoms with Crippen LogP contribution in [0.25, 0.3) is 0 Å². The second kappa shape index (κ2) is 8.08. The molecule has 1 heterocycles. The monoisotopic (exact) mass is 226 g/mol. The number of rotatable bonds is 7. The van der Waals surface area contributed by atoms with E-state index in [-0.39, 0.29) is 0 Å². The first-order valence-electron chi connectivity index (χ1n) is 7.15. The zero-order valence-corrected chi connectivity index (χ0v) is 11.5. The van der Waals surface area contributed by atoms with Crippen LogP contribution < -0.4 is 5.32 Å². The average molecular weight is 226 g/mol. The number of likely N-dealkylation sites (tertiary alicyclic amines) is 1. The predicted molar refractivity (Wildman–Crippen MR) is 71.8 cm³/mol. The quantitative estimate of drug-likeness (QED) is 0.672. The lowest BCUT2D eigenvalue weighted by molar-refractivity contribution is 0.164. The Kier molecular flexibility index (Phi) is 7.06. The summed E-state index contributed by atoms with van der Waals surface area (Å²) in [4.78, 5) is 2.67. The summed E-state index contributed by atoms with van der Waals surface area (Å²) in [5.41, 5.74) is 0. The van der Waals surface area contributed by atoms with Crippen LogP contribution in [-0.2, 0) is 0 Å². The van der Waals surface area contributed by atoms with Gasteiger partial charge < -0.3 is 10.2 Å². The Morgan fingerprint density at radius 2 is 1.75 bits per heavy atom. The molecule has 0 aromatic rings. The zero-order valence-electron chi connectivity index (χ0n) is 11.5. The third-order valence-electron chi connectivity index (χ3n) is 3.54. The molecule has 1 aliphatic rings. The molecule has 16 heavy (non-hydrogen) atoms. The molecule has 2 nitrogen and oxygen atoms in total. The fourth-order valence-corrected chi connectivity index (χ4v) is 2.45. The largest absolute Gasteiger partial charge is 0.316 e. The van der Waals surface area contributed by atoms with Crippen LogP contribution in [-0.4, -0.2) is 37.1 Å². The van der Waals surface area contributed by atoms with E-state index in [1.54, 1.807) is 0 Å². The van der Waals surface area contributed by atoms with Gasteiger partial charge in [0.25, 0.3) is 0 Å². The summed E-state index contributed by atoms with van der Waals surface area (Å²) in [6.45, 7) is 12.0. The van der Waals surface area contributed by atoms with Crippen LogP contribution in [0.3, 0.4) is 0 Å².